The van der Waals surface area contributed by atoms with E-state index in [1.807, 2.05) is 27.7 Å². The van der Waals surface area contributed by atoms with Crippen molar-refractivity contribution in [3.8, 4) is 0 Å². The molecule has 0 bridgehead atoms. The normalized spacial score (nSPS) is 12.8. The van der Waals surface area contributed by atoms with Crippen LogP contribution in [0.3, 0.4) is 0 Å². The zero-order chi connectivity index (χ0) is 15.3. The first kappa shape index (κ1) is 17.6. The third-order valence-corrected chi connectivity index (χ3v) is 6.25. The Morgan fingerprint density at radius 2 is 1.90 bits per heavy atom. The zero-order valence-corrected chi connectivity index (χ0v) is 14.3. The average Bonchev–Trinajstić information content (AvgIpc) is 2.88. The minimum absolute atomic E-state index is 0.0277. The van der Waals surface area contributed by atoms with Gasteiger partial charge in [0.05, 0.1) is 11.5 Å². The van der Waals surface area contributed by atoms with Crippen molar-refractivity contribution in [1.29, 1.82) is 0 Å². The van der Waals surface area contributed by atoms with E-state index < -0.39 is 10.0 Å². The Bertz CT molecular complexity index is 504. The van der Waals surface area contributed by atoms with E-state index in [2.05, 4.69) is 0 Å². The zero-order valence-electron chi connectivity index (χ0n) is 12.7. The van der Waals surface area contributed by atoms with Crippen LogP contribution < -0.4 is 0 Å². The predicted octanol–water partition coefficient (Wildman–Crippen LogP) is 3.08. The lowest BCUT2D eigenvalue weighted by Gasteiger charge is -2.30. The predicted molar refractivity (Wildman–Crippen MR) is 83.3 cm³/mol. The Balaban J connectivity index is 3.15. The fourth-order valence-electron chi connectivity index (χ4n) is 2.21. The van der Waals surface area contributed by atoms with Crippen LogP contribution in [-0.2, 0) is 16.6 Å². The summed E-state index contributed by atoms with van der Waals surface area (Å²) >= 11 is 1.28. The molecule has 0 radical (unpaired) electrons. The Morgan fingerprint density at radius 1 is 1.30 bits per heavy atom. The molecule has 0 spiro atoms. The van der Waals surface area contributed by atoms with Crippen molar-refractivity contribution in [3.63, 3.8) is 0 Å². The number of sulfonamides is 1. The first-order chi connectivity index (χ1) is 9.36. The topological polar surface area (TPSA) is 57.6 Å². The summed E-state index contributed by atoms with van der Waals surface area (Å²) < 4.78 is 27.2. The number of aliphatic hydroxyl groups is 1. The fourth-order valence-corrected chi connectivity index (χ4v) is 5.27. The number of hydrogen-bond donors (Lipinski definition) is 1. The van der Waals surface area contributed by atoms with Gasteiger partial charge in [-0.05, 0) is 24.8 Å². The van der Waals surface area contributed by atoms with E-state index >= 15 is 0 Å². The Labute approximate surface area is 126 Å². The number of rotatable bonds is 8. The van der Waals surface area contributed by atoms with Crippen LogP contribution >= 0.6 is 11.3 Å². The van der Waals surface area contributed by atoms with E-state index in [1.54, 1.807) is 15.8 Å². The van der Waals surface area contributed by atoms with Gasteiger partial charge in [0.1, 0.15) is 0 Å². The lowest BCUT2D eigenvalue weighted by Crippen LogP contribution is -2.41. The second-order valence-electron chi connectivity index (χ2n) is 5.35. The SMILES string of the molecule is CCC(CC)N(CC(C)C)S(=O)(=O)c1csc(CO)c1. The van der Waals surface area contributed by atoms with E-state index in [9.17, 15) is 8.42 Å². The smallest absolute Gasteiger partial charge is 0.244 e. The maximum Gasteiger partial charge on any atom is 0.244 e. The van der Waals surface area contributed by atoms with E-state index in [1.165, 1.54) is 11.3 Å². The molecular weight excluding hydrogens is 294 g/mol. The molecule has 4 nitrogen and oxygen atoms in total. The minimum Gasteiger partial charge on any atom is -0.391 e. The molecule has 0 atom stereocenters. The van der Waals surface area contributed by atoms with Gasteiger partial charge in [-0.15, -0.1) is 11.3 Å². The van der Waals surface area contributed by atoms with E-state index in [0.717, 1.165) is 12.8 Å². The van der Waals surface area contributed by atoms with Gasteiger partial charge in [-0.2, -0.15) is 4.31 Å². The van der Waals surface area contributed by atoms with Gasteiger partial charge >= 0.3 is 0 Å². The van der Waals surface area contributed by atoms with Crippen LogP contribution in [0.2, 0.25) is 0 Å². The largest absolute Gasteiger partial charge is 0.391 e. The van der Waals surface area contributed by atoms with E-state index in [0.29, 0.717) is 16.3 Å². The third-order valence-electron chi connectivity index (χ3n) is 3.29. The summed E-state index contributed by atoms with van der Waals surface area (Å²) in [6.07, 6.45) is 1.61. The summed E-state index contributed by atoms with van der Waals surface area (Å²) in [5, 5.41) is 10.7. The van der Waals surface area contributed by atoms with E-state index in [4.69, 9.17) is 5.11 Å². The molecule has 1 aromatic heterocycles. The van der Waals surface area contributed by atoms with Gasteiger partial charge in [0.15, 0.2) is 0 Å². The first-order valence-electron chi connectivity index (χ1n) is 7.06. The van der Waals surface area contributed by atoms with Crippen molar-refractivity contribution < 1.29 is 13.5 Å². The summed E-state index contributed by atoms with van der Waals surface area (Å²) in [5.74, 6) is 0.279. The van der Waals surface area contributed by atoms with Crippen molar-refractivity contribution >= 4 is 21.4 Å². The fraction of sp³-hybridized carbons (Fsp3) is 0.714. The van der Waals surface area contributed by atoms with Gasteiger partial charge in [0, 0.05) is 22.8 Å². The third kappa shape index (κ3) is 4.04. The highest BCUT2D eigenvalue weighted by Gasteiger charge is 2.30. The molecule has 1 rings (SSSR count). The Kier molecular flexibility index (Phi) is 6.64. The highest BCUT2D eigenvalue weighted by atomic mass is 32.2. The van der Waals surface area contributed by atoms with E-state index in [-0.39, 0.29) is 18.6 Å². The quantitative estimate of drug-likeness (QED) is 0.801. The molecule has 0 fully saturated rings. The Morgan fingerprint density at radius 3 is 2.30 bits per heavy atom. The molecule has 0 aliphatic rings. The molecule has 1 heterocycles. The summed E-state index contributed by atoms with van der Waals surface area (Å²) in [6.45, 7) is 8.50. The molecular formula is C14H25NO3S2. The van der Waals surface area contributed by atoms with Gasteiger partial charge < -0.3 is 5.11 Å². The maximum absolute atomic E-state index is 12.8. The van der Waals surface area contributed by atoms with Crippen LogP contribution in [0.1, 0.15) is 45.4 Å². The van der Waals surface area contributed by atoms with Crippen LogP contribution in [0.25, 0.3) is 0 Å². The second-order valence-corrected chi connectivity index (χ2v) is 8.23. The van der Waals surface area contributed by atoms with Crippen molar-refractivity contribution in [3.05, 3.63) is 16.3 Å². The molecule has 20 heavy (non-hydrogen) atoms. The van der Waals surface area contributed by atoms with Gasteiger partial charge in [0.2, 0.25) is 10.0 Å². The summed E-state index contributed by atoms with van der Waals surface area (Å²) in [4.78, 5) is 0.983. The lowest BCUT2D eigenvalue weighted by atomic mass is 10.1. The number of hydrogen-bond acceptors (Lipinski definition) is 4. The molecule has 0 aliphatic heterocycles. The highest BCUT2D eigenvalue weighted by molar-refractivity contribution is 7.89. The van der Waals surface area contributed by atoms with Crippen molar-refractivity contribution in [2.24, 2.45) is 5.92 Å². The molecule has 116 valence electrons. The number of nitrogens with zero attached hydrogens (tertiary/aromatic N) is 1. The molecule has 0 saturated carbocycles. The highest BCUT2D eigenvalue weighted by Crippen LogP contribution is 2.26. The summed E-state index contributed by atoms with van der Waals surface area (Å²) in [5.41, 5.74) is 0. The lowest BCUT2D eigenvalue weighted by molar-refractivity contribution is 0.276. The molecule has 1 aromatic rings. The molecule has 0 unspecified atom stereocenters. The van der Waals surface area contributed by atoms with Gasteiger partial charge in [-0.25, -0.2) is 8.42 Å². The van der Waals surface area contributed by atoms with Crippen LogP contribution in [-0.4, -0.2) is 30.4 Å². The van der Waals surface area contributed by atoms with Crippen molar-refractivity contribution in [2.45, 2.75) is 58.1 Å². The molecule has 6 heteroatoms. The average molecular weight is 319 g/mol. The molecule has 0 saturated heterocycles. The molecule has 0 aromatic carbocycles. The summed E-state index contributed by atoms with van der Waals surface area (Å²) in [7, 11) is -3.48. The monoisotopic (exact) mass is 319 g/mol. The summed E-state index contributed by atoms with van der Waals surface area (Å²) in [6, 6.07) is 1.61. The molecule has 1 N–H and O–H groups in total. The second kappa shape index (κ2) is 7.54. The van der Waals surface area contributed by atoms with Crippen molar-refractivity contribution in [2.75, 3.05) is 6.54 Å². The Hall–Kier alpha value is -0.430. The maximum atomic E-state index is 12.8. The molecule has 0 amide bonds. The van der Waals surface area contributed by atoms with Crippen LogP contribution in [0.5, 0.6) is 0 Å². The first-order valence-corrected chi connectivity index (χ1v) is 9.38. The van der Waals surface area contributed by atoms with Gasteiger partial charge in [0.25, 0.3) is 0 Å². The minimum atomic E-state index is -3.48. The molecule has 0 aliphatic carbocycles. The number of aliphatic hydroxyl groups excluding tert-OH is 1. The van der Waals surface area contributed by atoms with Gasteiger partial charge in [-0.3, -0.25) is 0 Å². The van der Waals surface area contributed by atoms with Crippen LogP contribution in [0.15, 0.2) is 16.3 Å². The number of thiophene rings is 1. The standard InChI is InChI=1S/C14H25NO3S2/c1-5-12(6-2)15(8-11(3)4)20(17,18)14-7-13(9-16)19-10-14/h7,10-12,16H,5-6,8-9H2,1-4H3. The van der Waals surface area contributed by atoms with Gasteiger partial charge in [-0.1, -0.05) is 27.7 Å². The van der Waals surface area contributed by atoms with Crippen LogP contribution in [0, 0.1) is 5.92 Å². The van der Waals surface area contributed by atoms with Crippen molar-refractivity contribution in [1.82, 2.24) is 4.31 Å². The van der Waals surface area contributed by atoms with Crippen LogP contribution in [0.4, 0.5) is 0 Å².